The fourth-order valence-corrected chi connectivity index (χ4v) is 8.10. The van der Waals surface area contributed by atoms with E-state index in [1.807, 2.05) is 6.08 Å². The van der Waals surface area contributed by atoms with Crippen molar-refractivity contribution in [2.45, 2.75) is 296 Å². The Morgan fingerprint density at radius 2 is 0.783 bits per heavy atom. The minimum absolute atomic E-state index is 0.0301. The van der Waals surface area contributed by atoms with Gasteiger partial charge >= 0.3 is 5.97 Å². The predicted molar refractivity (Wildman–Crippen MR) is 260 cm³/mol. The molecule has 0 fully saturated rings. The van der Waals surface area contributed by atoms with Crippen molar-refractivity contribution in [2.24, 2.45) is 0 Å². The second-order valence-corrected chi connectivity index (χ2v) is 18.2. The van der Waals surface area contributed by atoms with Gasteiger partial charge in [-0.05, 0) is 57.8 Å². The van der Waals surface area contributed by atoms with E-state index in [2.05, 4.69) is 31.3 Å². The summed E-state index contributed by atoms with van der Waals surface area (Å²) in [5.41, 5.74) is 0. The second-order valence-electron chi connectivity index (χ2n) is 18.2. The second kappa shape index (κ2) is 50.0. The first kappa shape index (κ1) is 58.3. The number of ether oxygens (including phenoxy) is 1. The van der Waals surface area contributed by atoms with E-state index in [0.29, 0.717) is 19.4 Å². The highest BCUT2D eigenvalue weighted by atomic mass is 16.5. The molecular weight excluding hydrogens is 743 g/mol. The van der Waals surface area contributed by atoms with Crippen molar-refractivity contribution in [2.75, 3.05) is 13.2 Å². The lowest BCUT2D eigenvalue weighted by Crippen LogP contribution is -2.45. The number of allylic oxidation sites excluding steroid dienone is 3. The summed E-state index contributed by atoms with van der Waals surface area (Å²) in [6.07, 6.45) is 59.0. The molecule has 1 amide bonds. The number of aliphatic hydroxyl groups is 2. The third-order valence-electron chi connectivity index (χ3n) is 12.2. The number of carbonyl (C=O) groups is 2. The first-order valence-corrected chi connectivity index (χ1v) is 26.6. The first-order chi connectivity index (χ1) is 29.5. The molecular formula is C54H103NO5. The Hall–Kier alpha value is -1.66. The molecule has 0 saturated heterocycles. The van der Waals surface area contributed by atoms with Gasteiger partial charge in [-0.1, -0.05) is 237 Å². The van der Waals surface area contributed by atoms with Gasteiger partial charge in [0.15, 0.2) is 0 Å². The van der Waals surface area contributed by atoms with Gasteiger partial charge < -0.3 is 20.3 Å². The van der Waals surface area contributed by atoms with Crippen LogP contribution in [-0.2, 0) is 14.3 Å². The van der Waals surface area contributed by atoms with Crippen molar-refractivity contribution in [3.63, 3.8) is 0 Å². The van der Waals surface area contributed by atoms with Gasteiger partial charge in [-0.3, -0.25) is 9.59 Å². The fraction of sp³-hybridized carbons (Fsp3) is 0.889. The van der Waals surface area contributed by atoms with Gasteiger partial charge in [0.05, 0.1) is 25.4 Å². The molecule has 0 spiro atoms. The van der Waals surface area contributed by atoms with Crippen LogP contribution in [-0.4, -0.2) is 47.4 Å². The molecule has 0 bridgehead atoms. The molecule has 0 aliphatic rings. The summed E-state index contributed by atoms with van der Waals surface area (Å²) in [6.45, 7) is 4.84. The predicted octanol–water partition coefficient (Wildman–Crippen LogP) is 15.9. The maximum Gasteiger partial charge on any atom is 0.305 e. The van der Waals surface area contributed by atoms with Crippen molar-refractivity contribution < 1.29 is 24.5 Å². The van der Waals surface area contributed by atoms with Crippen LogP contribution in [0.15, 0.2) is 24.3 Å². The number of hydrogen-bond donors (Lipinski definition) is 3. The largest absolute Gasteiger partial charge is 0.466 e. The summed E-state index contributed by atoms with van der Waals surface area (Å²) >= 11 is 0. The van der Waals surface area contributed by atoms with Crippen LogP contribution in [0.3, 0.4) is 0 Å². The fourth-order valence-electron chi connectivity index (χ4n) is 8.10. The molecule has 2 atom stereocenters. The summed E-state index contributed by atoms with van der Waals surface area (Å²) in [5, 5.41) is 23.1. The number of rotatable bonds is 49. The lowest BCUT2D eigenvalue weighted by atomic mass is 10.0. The van der Waals surface area contributed by atoms with E-state index in [9.17, 15) is 19.8 Å². The molecule has 0 aromatic heterocycles. The van der Waals surface area contributed by atoms with Crippen LogP contribution in [0.25, 0.3) is 0 Å². The van der Waals surface area contributed by atoms with Crippen LogP contribution in [0.4, 0.5) is 0 Å². The molecule has 0 aromatic carbocycles. The molecule has 3 N–H and O–H groups in total. The van der Waals surface area contributed by atoms with Crippen LogP contribution < -0.4 is 5.32 Å². The molecule has 0 aliphatic heterocycles. The Bertz CT molecular complexity index is 935. The molecule has 0 aliphatic carbocycles. The van der Waals surface area contributed by atoms with E-state index in [0.717, 1.165) is 83.5 Å². The minimum Gasteiger partial charge on any atom is -0.466 e. The zero-order valence-corrected chi connectivity index (χ0v) is 40.2. The number of unbranched alkanes of at least 4 members (excludes halogenated alkanes) is 36. The minimum atomic E-state index is -0.862. The van der Waals surface area contributed by atoms with E-state index in [1.165, 1.54) is 173 Å². The third kappa shape index (κ3) is 45.9. The van der Waals surface area contributed by atoms with Gasteiger partial charge in [-0.2, -0.15) is 0 Å². The van der Waals surface area contributed by atoms with Gasteiger partial charge in [-0.25, -0.2) is 0 Å². The number of esters is 1. The van der Waals surface area contributed by atoms with Gasteiger partial charge in [0.2, 0.25) is 5.91 Å². The maximum atomic E-state index is 12.4. The average Bonchev–Trinajstić information content (AvgIpc) is 3.25. The molecule has 0 saturated carbocycles. The van der Waals surface area contributed by atoms with Crippen molar-refractivity contribution in [3.05, 3.63) is 24.3 Å². The summed E-state index contributed by atoms with van der Waals surface area (Å²) in [4.78, 5) is 24.5. The summed E-state index contributed by atoms with van der Waals surface area (Å²) in [5.74, 6) is -0.126. The van der Waals surface area contributed by atoms with Crippen molar-refractivity contribution in [1.82, 2.24) is 5.32 Å². The van der Waals surface area contributed by atoms with E-state index >= 15 is 0 Å². The summed E-state index contributed by atoms with van der Waals surface area (Å²) < 4.78 is 5.44. The molecule has 0 rings (SSSR count). The highest BCUT2D eigenvalue weighted by molar-refractivity contribution is 5.76. The number of hydrogen-bond acceptors (Lipinski definition) is 5. The van der Waals surface area contributed by atoms with Crippen LogP contribution in [0.2, 0.25) is 0 Å². The Morgan fingerprint density at radius 3 is 1.18 bits per heavy atom. The molecule has 60 heavy (non-hydrogen) atoms. The Morgan fingerprint density at radius 1 is 0.450 bits per heavy atom. The smallest absolute Gasteiger partial charge is 0.305 e. The van der Waals surface area contributed by atoms with Crippen LogP contribution in [0.5, 0.6) is 0 Å². The Balaban J connectivity index is 3.54. The monoisotopic (exact) mass is 846 g/mol. The zero-order valence-electron chi connectivity index (χ0n) is 40.2. The van der Waals surface area contributed by atoms with E-state index < -0.39 is 12.1 Å². The lowest BCUT2D eigenvalue weighted by molar-refractivity contribution is -0.143. The third-order valence-corrected chi connectivity index (χ3v) is 12.2. The normalized spacial score (nSPS) is 12.8. The SMILES string of the molecule is CCCCCCCCCCCCCCCCC/C=C/C(O)C(CO)NC(=O)CCCCCCC/C=C\CCCCOC(=O)CCCCCCCCCCCCCCCCC. The van der Waals surface area contributed by atoms with E-state index in [1.54, 1.807) is 6.08 Å². The number of amides is 1. The number of carbonyl (C=O) groups excluding carboxylic acids is 2. The Kier molecular flexibility index (Phi) is 48.6. The van der Waals surface area contributed by atoms with E-state index in [-0.39, 0.29) is 18.5 Å². The van der Waals surface area contributed by atoms with Crippen LogP contribution >= 0.6 is 0 Å². The first-order valence-electron chi connectivity index (χ1n) is 26.6. The summed E-state index contributed by atoms with van der Waals surface area (Å²) in [7, 11) is 0. The van der Waals surface area contributed by atoms with Gasteiger partial charge in [0.1, 0.15) is 0 Å². The highest BCUT2D eigenvalue weighted by Gasteiger charge is 2.18. The maximum absolute atomic E-state index is 12.4. The average molecular weight is 846 g/mol. The zero-order chi connectivity index (χ0) is 43.7. The standard InChI is InChI=1S/C54H103NO5/c1-3-5-7-9-11-13-15-17-19-20-22-23-26-30-34-38-42-46-52(57)51(50-56)55-53(58)47-43-39-35-31-27-25-29-33-37-41-45-49-60-54(59)48-44-40-36-32-28-24-21-18-16-14-12-10-8-6-4-2/h29,33,42,46,51-52,56-57H,3-28,30-32,34-41,43-45,47-50H2,1-2H3,(H,55,58)/b33-29-,46-42+. The number of nitrogens with one attached hydrogen (secondary N) is 1. The van der Waals surface area contributed by atoms with Crippen molar-refractivity contribution in [3.8, 4) is 0 Å². The molecule has 6 nitrogen and oxygen atoms in total. The van der Waals surface area contributed by atoms with Crippen LogP contribution in [0, 0.1) is 0 Å². The lowest BCUT2D eigenvalue weighted by Gasteiger charge is -2.20. The quantitative estimate of drug-likeness (QED) is 0.0322. The molecule has 0 radical (unpaired) electrons. The Labute approximate surface area is 373 Å². The molecule has 6 heteroatoms. The molecule has 0 heterocycles. The molecule has 354 valence electrons. The molecule has 0 aromatic rings. The van der Waals surface area contributed by atoms with Crippen molar-refractivity contribution >= 4 is 11.9 Å². The van der Waals surface area contributed by atoms with Crippen molar-refractivity contribution in [1.29, 1.82) is 0 Å². The molecule has 2 unspecified atom stereocenters. The summed E-state index contributed by atoms with van der Waals surface area (Å²) in [6, 6.07) is -0.648. The number of aliphatic hydroxyl groups excluding tert-OH is 2. The highest BCUT2D eigenvalue weighted by Crippen LogP contribution is 2.16. The van der Waals surface area contributed by atoms with E-state index in [4.69, 9.17) is 4.74 Å². The van der Waals surface area contributed by atoms with Crippen LogP contribution in [0.1, 0.15) is 284 Å². The van der Waals surface area contributed by atoms with Gasteiger partial charge in [-0.15, -0.1) is 0 Å². The van der Waals surface area contributed by atoms with Gasteiger partial charge in [0.25, 0.3) is 0 Å². The van der Waals surface area contributed by atoms with Gasteiger partial charge in [0, 0.05) is 12.8 Å². The topological polar surface area (TPSA) is 95.9 Å².